The van der Waals surface area contributed by atoms with E-state index in [0.29, 0.717) is 18.0 Å². The van der Waals surface area contributed by atoms with Gasteiger partial charge in [0.15, 0.2) is 0 Å². The van der Waals surface area contributed by atoms with Crippen LogP contribution in [-0.2, 0) is 4.79 Å². The van der Waals surface area contributed by atoms with Gasteiger partial charge in [0.25, 0.3) is 0 Å². The van der Waals surface area contributed by atoms with Crippen LogP contribution in [-0.4, -0.2) is 24.2 Å². The molecule has 0 unspecified atom stereocenters. The molecule has 0 heterocycles. The van der Waals surface area contributed by atoms with Gasteiger partial charge in [0.2, 0.25) is 5.91 Å². The third kappa shape index (κ3) is 5.34. The highest BCUT2D eigenvalue weighted by Crippen LogP contribution is 2.17. The van der Waals surface area contributed by atoms with Gasteiger partial charge < -0.3 is 10.4 Å². The highest BCUT2D eigenvalue weighted by atomic mass is 35.5. The van der Waals surface area contributed by atoms with E-state index < -0.39 is 0 Å². The Morgan fingerprint density at radius 1 is 1.44 bits per heavy atom. The Morgan fingerprint density at radius 2 is 2.22 bits per heavy atom. The van der Waals surface area contributed by atoms with Crippen molar-refractivity contribution in [1.29, 1.82) is 0 Å². The van der Waals surface area contributed by atoms with Crippen LogP contribution >= 0.6 is 11.6 Å². The molecule has 3 nitrogen and oxygen atoms in total. The summed E-state index contributed by atoms with van der Waals surface area (Å²) in [5, 5.41) is 12.0. The molecule has 0 bridgehead atoms. The molecule has 18 heavy (non-hydrogen) atoms. The minimum Gasteiger partial charge on any atom is -0.396 e. The lowest BCUT2D eigenvalue weighted by Crippen LogP contribution is -2.22. The summed E-state index contributed by atoms with van der Waals surface area (Å²) in [6, 6.07) is 5.66. The predicted molar refractivity (Wildman–Crippen MR) is 74.6 cm³/mol. The Hall–Kier alpha value is -1.32. The van der Waals surface area contributed by atoms with E-state index in [1.165, 1.54) is 6.08 Å². The van der Waals surface area contributed by atoms with Crippen molar-refractivity contribution >= 4 is 23.6 Å². The van der Waals surface area contributed by atoms with E-state index in [9.17, 15) is 4.79 Å². The monoisotopic (exact) mass is 267 g/mol. The topological polar surface area (TPSA) is 49.3 Å². The molecule has 98 valence electrons. The number of amides is 1. The number of halogens is 1. The van der Waals surface area contributed by atoms with Crippen molar-refractivity contribution in [2.75, 3.05) is 13.2 Å². The molecule has 1 rings (SSSR count). The van der Waals surface area contributed by atoms with Crippen LogP contribution in [0.2, 0.25) is 5.02 Å². The summed E-state index contributed by atoms with van der Waals surface area (Å²) in [6.07, 6.45) is 4.71. The van der Waals surface area contributed by atoms with Gasteiger partial charge in [-0.25, -0.2) is 0 Å². The quantitative estimate of drug-likeness (QED) is 0.615. The van der Waals surface area contributed by atoms with E-state index in [4.69, 9.17) is 16.7 Å². The average Bonchev–Trinajstić information content (AvgIpc) is 2.36. The lowest BCUT2D eigenvalue weighted by atomic mass is 10.1. The van der Waals surface area contributed by atoms with E-state index in [-0.39, 0.29) is 12.5 Å². The summed E-state index contributed by atoms with van der Waals surface area (Å²) in [5.74, 6) is -0.135. The Balaban J connectivity index is 2.43. The van der Waals surface area contributed by atoms with Crippen LogP contribution in [0.1, 0.15) is 24.0 Å². The van der Waals surface area contributed by atoms with Crippen LogP contribution < -0.4 is 5.32 Å². The zero-order valence-electron chi connectivity index (χ0n) is 10.4. The normalized spacial score (nSPS) is 10.8. The van der Waals surface area contributed by atoms with Crippen LogP contribution in [0, 0.1) is 6.92 Å². The van der Waals surface area contributed by atoms with Crippen molar-refractivity contribution in [2.45, 2.75) is 19.8 Å². The van der Waals surface area contributed by atoms with Crippen LogP contribution in [0.5, 0.6) is 0 Å². The molecule has 4 heteroatoms. The number of hydrogen-bond donors (Lipinski definition) is 2. The first-order chi connectivity index (χ1) is 8.63. The minimum absolute atomic E-state index is 0.135. The smallest absolute Gasteiger partial charge is 0.243 e. The van der Waals surface area contributed by atoms with Crippen molar-refractivity contribution in [3.8, 4) is 0 Å². The fraction of sp³-hybridized carbons (Fsp3) is 0.357. The third-order valence-electron chi connectivity index (χ3n) is 2.51. The Bertz CT molecular complexity index is 430. The van der Waals surface area contributed by atoms with E-state index in [1.54, 1.807) is 6.08 Å². The van der Waals surface area contributed by atoms with Gasteiger partial charge in [0, 0.05) is 24.3 Å². The zero-order valence-corrected chi connectivity index (χ0v) is 11.2. The molecular weight excluding hydrogens is 250 g/mol. The molecule has 0 spiro atoms. The summed E-state index contributed by atoms with van der Waals surface area (Å²) < 4.78 is 0. The first-order valence-electron chi connectivity index (χ1n) is 5.96. The molecular formula is C14H18ClNO2. The molecule has 0 radical (unpaired) electrons. The molecule has 0 aliphatic heterocycles. The maximum Gasteiger partial charge on any atom is 0.243 e. The maximum atomic E-state index is 11.4. The Kier molecular flexibility index (Phi) is 6.47. The average molecular weight is 268 g/mol. The molecule has 0 saturated carbocycles. The van der Waals surface area contributed by atoms with Gasteiger partial charge in [0.05, 0.1) is 0 Å². The van der Waals surface area contributed by atoms with Gasteiger partial charge in [0.1, 0.15) is 0 Å². The van der Waals surface area contributed by atoms with Crippen molar-refractivity contribution in [3.63, 3.8) is 0 Å². The fourth-order valence-corrected chi connectivity index (χ4v) is 1.58. The first-order valence-corrected chi connectivity index (χ1v) is 6.34. The number of benzene rings is 1. The number of aliphatic hydroxyl groups excluding tert-OH is 1. The number of hydrogen-bond acceptors (Lipinski definition) is 2. The second-order valence-corrected chi connectivity index (χ2v) is 4.47. The van der Waals surface area contributed by atoms with Gasteiger partial charge in [-0.3, -0.25) is 4.79 Å². The molecule has 0 atom stereocenters. The highest BCUT2D eigenvalue weighted by molar-refractivity contribution is 6.31. The van der Waals surface area contributed by atoms with Crippen LogP contribution in [0.4, 0.5) is 0 Å². The summed E-state index contributed by atoms with van der Waals surface area (Å²) in [7, 11) is 0. The van der Waals surface area contributed by atoms with Crippen LogP contribution in [0.15, 0.2) is 24.3 Å². The second-order valence-electron chi connectivity index (χ2n) is 4.06. The standard InChI is InChI=1S/C14H18ClNO2/c1-11-4-5-12(10-13(11)15)6-7-14(18)16-8-2-3-9-17/h4-7,10,17H,2-3,8-9H2,1H3,(H,16,18)/b7-6+. The SMILES string of the molecule is Cc1ccc(/C=C/C(=O)NCCCCO)cc1Cl. The molecule has 0 saturated heterocycles. The second kappa shape index (κ2) is 7.90. The maximum absolute atomic E-state index is 11.4. The number of aryl methyl sites for hydroxylation is 1. The number of nitrogens with one attached hydrogen (secondary N) is 1. The summed E-state index contributed by atoms with van der Waals surface area (Å²) >= 11 is 5.99. The van der Waals surface area contributed by atoms with Crippen molar-refractivity contribution in [1.82, 2.24) is 5.32 Å². The number of unbranched alkanes of at least 4 members (excludes halogenated alkanes) is 1. The number of carbonyl (C=O) groups excluding carboxylic acids is 1. The van der Waals surface area contributed by atoms with Crippen LogP contribution in [0.3, 0.4) is 0 Å². The van der Waals surface area contributed by atoms with Crippen molar-refractivity contribution in [2.24, 2.45) is 0 Å². The third-order valence-corrected chi connectivity index (χ3v) is 2.91. The van der Waals surface area contributed by atoms with E-state index >= 15 is 0 Å². The van der Waals surface area contributed by atoms with Crippen LogP contribution in [0.25, 0.3) is 6.08 Å². The van der Waals surface area contributed by atoms with Gasteiger partial charge in [-0.2, -0.15) is 0 Å². The molecule has 1 amide bonds. The van der Waals surface area contributed by atoms with Gasteiger partial charge >= 0.3 is 0 Å². The van der Waals surface area contributed by atoms with Gasteiger partial charge in [-0.05, 0) is 43.0 Å². The molecule has 0 aliphatic rings. The lowest BCUT2D eigenvalue weighted by Gasteiger charge is -2.01. The van der Waals surface area contributed by atoms with Crippen molar-refractivity contribution in [3.05, 3.63) is 40.4 Å². The molecule has 0 aromatic heterocycles. The zero-order chi connectivity index (χ0) is 13.4. The van der Waals surface area contributed by atoms with Crippen molar-refractivity contribution < 1.29 is 9.90 Å². The molecule has 2 N–H and O–H groups in total. The highest BCUT2D eigenvalue weighted by Gasteiger charge is 1.97. The van der Waals surface area contributed by atoms with E-state index in [0.717, 1.165) is 17.5 Å². The molecule has 0 fully saturated rings. The summed E-state index contributed by atoms with van der Waals surface area (Å²) in [6.45, 7) is 2.68. The van der Waals surface area contributed by atoms with E-state index in [1.807, 2.05) is 25.1 Å². The molecule has 1 aromatic rings. The predicted octanol–water partition coefficient (Wildman–Crippen LogP) is 2.55. The van der Waals surface area contributed by atoms with Gasteiger partial charge in [-0.1, -0.05) is 23.7 Å². The largest absolute Gasteiger partial charge is 0.396 e. The van der Waals surface area contributed by atoms with E-state index in [2.05, 4.69) is 5.32 Å². The summed E-state index contributed by atoms with van der Waals surface area (Å²) in [5.41, 5.74) is 1.92. The minimum atomic E-state index is -0.135. The molecule has 1 aromatic carbocycles. The lowest BCUT2D eigenvalue weighted by molar-refractivity contribution is -0.116. The summed E-state index contributed by atoms with van der Waals surface area (Å²) in [4.78, 5) is 11.4. The Morgan fingerprint density at radius 3 is 2.89 bits per heavy atom. The Labute approximate surface area is 112 Å². The van der Waals surface area contributed by atoms with Gasteiger partial charge in [-0.15, -0.1) is 0 Å². The fourth-order valence-electron chi connectivity index (χ4n) is 1.39. The molecule has 0 aliphatic carbocycles. The first kappa shape index (κ1) is 14.7. The number of carbonyl (C=O) groups is 1. The number of rotatable bonds is 6. The number of aliphatic hydroxyl groups is 1.